The van der Waals surface area contributed by atoms with Crippen LogP contribution in [0.25, 0.3) is 6.08 Å². The molecule has 1 fully saturated rings. The molecule has 0 N–H and O–H groups in total. The van der Waals surface area contributed by atoms with Crippen LogP contribution in [0, 0.1) is 0 Å². The van der Waals surface area contributed by atoms with Crippen LogP contribution in [0.3, 0.4) is 0 Å². The zero-order valence-corrected chi connectivity index (χ0v) is 13.5. The molecule has 5 heteroatoms. The smallest absolute Gasteiger partial charge is 0.246 e. The molecule has 0 aromatic heterocycles. The number of hydrogen-bond donors (Lipinski definition) is 0. The molecule has 2 aliphatic rings. The van der Waals surface area contributed by atoms with Crippen LogP contribution < -0.4 is 4.74 Å². The van der Waals surface area contributed by atoms with Crippen molar-refractivity contribution in [2.75, 3.05) is 33.3 Å². The second kappa shape index (κ2) is 6.86. The lowest BCUT2D eigenvalue weighted by molar-refractivity contribution is -0.136. The van der Waals surface area contributed by atoms with Gasteiger partial charge in [-0.15, -0.1) is 0 Å². The van der Waals surface area contributed by atoms with Crippen molar-refractivity contribution in [3.8, 4) is 5.75 Å². The number of likely N-dealkylation sites (tertiary alicyclic amines) is 1. The van der Waals surface area contributed by atoms with Crippen LogP contribution in [0.5, 0.6) is 5.75 Å². The van der Waals surface area contributed by atoms with Gasteiger partial charge in [-0.2, -0.15) is 0 Å². The predicted molar refractivity (Wildman–Crippen MR) is 88.1 cm³/mol. The minimum Gasteiger partial charge on any atom is -0.493 e. The van der Waals surface area contributed by atoms with E-state index in [0.717, 1.165) is 50.3 Å². The first-order valence-corrected chi connectivity index (χ1v) is 8.10. The van der Waals surface area contributed by atoms with Crippen molar-refractivity contribution in [2.45, 2.75) is 19.3 Å². The van der Waals surface area contributed by atoms with Crippen molar-refractivity contribution in [1.82, 2.24) is 9.80 Å². The lowest BCUT2D eigenvalue weighted by Crippen LogP contribution is -2.39. The molecule has 1 aromatic rings. The Kier molecular flexibility index (Phi) is 4.65. The molecule has 0 unspecified atom stereocenters. The lowest BCUT2D eigenvalue weighted by Gasteiger charge is -2.20. The molecule has 5 nitrogen and oxygen atoms in total. The number of fused-ring (bicyclic) bond motifs is 1. The van der Waals surface area contributed by atoms with Gasteiger partial charge in [-0.3, -0.25) is 9.59 Å². The fourth-order valence-corrected chi connectivity index (χ4v) is 2.95. The fraction of sp³-hybridized carbons (Fsp3) is 0.444. The normalized spacial score (nSPS) is 16.5. The molecule has 0 spiro atoms. The van der Waals surface area contributed by atoms with Crippen molar-refractivity contribution >= 4 is 17.9 Å². The first-order valence-electron chi connectivity index (χ1n) is 8.10. The topological polar surface area (TPSA) is 49.9 Å². The van der Waals surface area contributed by atoms with E-state index >= 15 is 0 Å². The maximum Gasteiger partial charge on any atom is 0.246 e. The van der Waals surface area contributed by atoms with Gasteiger partial charge in [0.25, 0.3) is 0 Å². The van der Waals surface area contributed by atoms with Gasteiger partial charge in [0.15, 0.2) is 0 Å². The van der Waals surface area contributed by atoms with Crippen molar-refractivity contribution in [2.24, 2.45) is 0 Å². The molecule has 122 valence electrons. The number of hydrogen-bond acceptors (Lipinski definition) is 3. The molecule has 2 heterocycles. The van der Waals surface area contributed by atoms with Crippen LogP contribution in [0.4, 0.5) is 0 Å². The number of rotatable bonds is 4. The quantitative estimate of drug-likeness (QED) is 0.795. The first-order chi connectivity index (χ1) is 11.1. The van der Waals surface area contributed by atoms with Gasteiger partial charge in [-0.05, 0) is 42.2 Å². The van der Waals surface area contributed by atoms with E-state index in [4.69, 9.17) is 4.74 Å². The molecule has 23 heavy (non-hydrogen) atoms. The summed E-state index contributed by atoms with van der Waals surface area (Å²) < 4.78 is 5.47. The number of ether oxygens (including phenoxy) is 1. The average molecular weight is 314 g/mol. The molecule has 2 aliphatic heterocycles. The summed E-state index contributed by atoms with van der Waals surface area (Å²) >= 11 is 0. The highest BCUT2D eigenvalue weighted by Gasteiger charge is 2.20. The van der Waals surface area contributed by atoms with Gasteiger partial charge in [-0.25, -0.2) is 0 Å². The second-order valence-corrected chi connectivity index (χ2v) is 6.08. The van der Waals surface area contributed by atoms with E-state index in [0.29, 0.717) is 0 Å². The number of carbonyl (C=O) groups is 2. The van der Waals surface area contributed by atoms with E-state index in [1.165, 1.54) is 16.5 Å². The van der Waals surface area contributed by atoms with Gasteiger partial charge in [0.1, 0.15) is 5.75 Å². The zero-order chi connectivity index (χ0) is 16.2. The summed E-state index contributed by atoms with van der Waals surface area (Å²) in [5, 5.41) is 0. The molecule has 0 radical (unpaired) electrons. The first kappa shape index (κ1) is 15.6. The third-order valence-corrected chi connectivity index (χ3v) is 4.34. The standard InChI is InChI=1S/C18H22N2O3/c1-19(13-18(22)20-9-2-3-10-20)17(21)7-5-14-4-6-16-15(12-14)8-11-23-16/h4-7,12H,2-3,8-11,13H2,1H3/b7-5+. The minimum absolute atomic E-state index is 0.0291. The average Bonchev–Trinajstić information content (AvgIpc) is 3.22. The highest BCUT2D eigenvalue weighted by atomic mass is 16.5. The zero-order valence-electron chi connectivity index (χ0n) is 13.5. The number of carbonyl (C=O) groups excluding carboxylic acids is 2. The summed E-state index contributed by atoms with van der Waals surface area (Å²) in [6.45, 7) is 2.49. The van der Waals surface area contributed by atoms with Crippen LogP contribution in [0.2, 0.25) is 0 Å². The van der Waals surface area contributed by atoms with Gasteiger partial charge in [0.2, 0.25) is 11.8 Å². The van der Waals surface area contributed by atoms with Crippen LogP contribution in [0.15, 0.2) is 24.3 Å². The van der Waals surface area contributed by atoms with Gasteiger partial charge >= 0.3 is 0 Å². The number of amides is 2. The molecule has 1 saturated heterocycles. The molecule has 0 bridgehead atoms. The van der Waals surface area contributed by atoms with Gasteiger partial charge < -0.3 is 14.5 Å². The SMILES string of the molecule is CN(CC(=O)N1CCCC1)C(=O)/C=C/c1ccc2c(c1)CCO2. The van der Waals surface area contributed by atoms with Crippen molar-refractivity contribution < 1.29 is 14.3 Å². The van der Waals surface area contributed by atoms with Crippen molar-refractivity contribution in [3.63, 3.8) is 0 Å². The van der Waals surface area contributed by atoms with E-state index in [-0.39, 0.29) is 18.4 Å². The number of likely N-dealkylation sites (N-methyl/N-ethyl adjacent to an activating group) is 1. The van der Waals surface area contributed by atoms with Crippen LogP contribution in [-0.4, -0.2) is 54.9 Å². The van der Waals surface area contributed by atoms with Crippen LogP contribution in [-0.2, 0) is 16.0 Å². The molecule has 0 aliphatic carbocycles. The second-order valence-electron chi connectivity index (χ2n) is 6.08. The molecule has 0 atom stereocenters. The molecule has 2 amide bonds. The van der Waals surface area contributed by atoms with Crippen LogP contribution in [0.1, 0.15) is 24.0 Å². The van der Waals surface area contributed by atoms with Crippen molar-refractivity contribution in [3.05, 3.63) is 35.4 Å². The Hall–Kier alpha value is -2.30. The summed E-state index contributed by atoms with van der Waals surface area (Å²) in [7, 11) is 1.66. The molecular formula is C18H22N2O3. The number of nitrogens with zero attached hydrogens (tertiary/aromatic N) is 2. The van der Waals surface area contributed by atoms with Gasteiger partial charge in [-0.1, -0.05) is 6.07 Å². The third kappa shape index (κ3) is 3.73. The van der Waals surface area contributed by atoms with E-state index < -0.39 is 0 Å². The Morgan fingerprint density at radius 3 is 2.87 bits per heavy atom. The summed E-state index contributed by atoms with van der Waals surface area (Å²) in [6, 6.07) is 5.91. The van der Waals surface area contributed by atoms with E-state index in [1.807, 2.05) is 23.1 Å². The summed E-state index contributed by atoms with van der Waals surface area (Å²) in [4.78, 5) is 27.5. The monoisotopic (exact) mass is 314 g/mol. The third-order valence-electron chi connectivity index (χ3n) is 4.34. The highest BCUT2D eigenvalue weighted by Crippen LogP contribution is 2.26. The van der Waals surface area contributed by atoms with E-state index in [9.17, 15) is 9.59 Å². The summed E-state index contributed by atoms with van der Waals surface area (Å²) in [5.41, 5.74) is 2.15. The Bertz CT molecular complexity index is 633. The van der Waals surface area contributed by atoms with Crippen LogP contribution >= 0.6 is 0 Å². The number of benzene rings is 1. The van der Waals surface area contributed by atoms with E-state index in [1.54, 1.807) is 13.1 Å². The van der Waals surface area contributed by atoms with E-state index in [2.05, 4.69) is 0 Å². The summed E-state index contributed by atoms with van der Waals surface area (Å²) in [5.74, 6) is 0.803. The minimum atomic E-state index is -0.158. The molecule has 1 aromatic carbocycles. The maximum atomic E-state index is 12.1. The Labute approximate surface area is 136 Å². The lowest BCUT2D eigenvalue weighted by atomic mass is 10.1. The molecule has 3 rings (SSSR count). The Morgan fingerprint density at radius 1 is 1.30 bits per heavy atom. The highest BCUT2D eigenvalue weighted by molar-refractivity contribution is 5.94. The van der Waals surface area contributed by atoms with Gasteiger partial charge in [0.05, 0.1) is 13.2 Å². The molecule has 0 saturated carbocycles. The Balaban J connectivity index is 1.56. The van der Waals surface area contributed by atoms with Gasteiger partial charge in [0, 0.05) is 32.6 Å². The largest absolute Gasteiger partial charge is 0.493 e. The Morgan fingerprint density at radius 2 is 2.09 bits per heavy atom. The molecular weight excluding hydrogens is 292 g/mol. The fourth-order valence-electron chi connectivity index (χ4n) is 2.95. The summed E-state index contributed by atoms with van der Waals surface area (Å²) in [6.07, 6.45) is 6.35. The van der Waals surface area contributed by atoms with Crippen molar-refractivity contribution in [1.29, 1.82) is 0 Å². The maximum absolute atomic E-state index is 12.1. The predicted octanol–water partition coefficient (Wildman–Crippen LogP) is 1.72.